The highest BCUT2D eigenvalue weighted by atomic mass is 32.2. The second kappa shape index (κ2) is 10.8. The highest BCUT2D eigenvalue weighted by Gasteiger charge is 2.35. The van der Waals surface area contributed by atoms with E-state index in [1.54, 1.807) is 30.3 Å². The van der Waals surface area contributed by atoms with E-state index in [9.17, 15) is 31.2 Å². The Hall–Kier alpha value is -3.94. The summed E-state index contributed by atoms with van der Waals surface area (Å²) in [5, 5.41) is 7.76. The van der Waals surface area contributed by atoms with E-state index in [1.807, 2.05) is 0 Å². The Morgan fingerprint density at radius 1 is 1.00 bits per heavy atom. The number of nitrogens with two attached hydrogens (primary N) is 1. The van der Waals surface area contributed by atoms with Crippen LogP contribution in [0.1, 0.15) is 11.1 Å². The molecular weight excluding hydrogens is 541 g/mol. The van der Waals surface area contributed by atoms with Crippen LogP contribution in [0.15, 0.2) is 94.4 Å². The second-order valence-electron chi connectivity index (χ2n) is 7.89. The van der Waals surface area contributed by atoms with Crippen molar-refractivity contribution in [2.45, 2.75) is 11.1 Å². The number of anilines is 2. The molecule has 1 aliphatic heterocycles. The minimum atomic E-state index is -4.62. The van der Waals surface area contributed by atoms with Crippen LogP contribution in [0.2, 0.25) is 0 Å². The van der Waals surface area contributed by atoms with E-state index in [0.29, 0.717) is 11.4 Å². The number of nitrogens with one attached hydrogen (secondary N) is 1. The highest BCUT2D eigenvalue weighted by molar-refractivity contribution is 8.14. The van der Waals surface area contributed by atoms with E-state index in [4.69, 9.17) is 5.14 Å². The summed E-state index contributed by atoms with van der Waals surface area (Å²) in [5.74, 6) is -1.32. The topological polar surface area (TPSA) is 122 Å². The first kappa shape index (κ1) is 27.1. The monoisotopic (exact) mass is 560 g/mol. The number of rotatable bonds is 6. The number of nitrogens with zero attached hydrogens (tertiary/aromatic N) is 2. The van der Waals surface area contributed by atoms with E-state index in [1.165, 1.54) is 47.4 Å². The Balaban J connectivity index is 1.57. The molecule has 4 rings (SSSR count). The lowest BCUT2D eigenvalue weighted by Gasteiger charge is -2.17. The van der Waals surface area contributed by atoms with Gasteiger partial charge in [0.25, 0.3) is 5.91 Å². The SMILES string of the molecule is NS(=O)(=O)c1ccc(NC(=O)CSC2=N/C(=C/c3ccccc3C(F)(F)F)C(=O)N2c2ccccc2)cc1. The standard InChI is InChI=1S/C25H19F3N4O4S2/c26-25(27,28)20-9-5-4-6-16(20)14-21-23(34)32(18-7-2-1-3-8-18)24(31-21)37-15-22(33)30-17-10-12-19(13-11-17)38(29,35)36/h1-14H,15H2,(H,30,33)(H2,29,35,36)/b21-14+. The van der Waals surface area contributed by atoms with Crippen molar-refractivity contribution in [1.29, 1.82) is 0 Å². The predicted octanol–water partition coefficient (Wildman–Crippen LogP) is 4.47. The number of hydrogen-bond donors (Lipinski definition) is 2. The van der Waals surface area contributed by atoms with Crippen molar-refractivity contribution >= 4 is 56.2 Å². The Kier molecular flexibility index (Phi) is 7.71. The number of thioether (sulfide) groups is 1. The molecule has 1 aliphatic rings. The van der Waals surface area contributed by atoms with Crippen LogP contribution in [0.25, 0.3) is 6.08 Å². The van der Waals surface area contributed by atoms with E-state index >= 15 is 0 Å². The molecule has 1 heterocycles. The smallest absolute Gasteiger partial charge is 0.325 e. The Bertz CT molecular complexity index is 1540. The molecule has 0 radical (unpaired) electrons. The first-order valence-corrected chi connectivity index (χ1v) is 13.4. The quantitative estimate of drug-likeness (QED) is 0.431. The van der Waals surface area contributed by atoms with Gasteiger partial charge < -0.3 is 5.32 Å². The van der Waals surface area contributed by atoms with Gasteiger partial charge in [0.1, 0.15) is 5.70 Å². The molecule has 38 heavy (non-hydrogen) atoms. The van der Waals surface area contributed by atoms with Crippen molar-refractivity contribution in [3.63, 3.8) is 0 Å². The third-order valence-corrected chi connectivity index (χ3v) is 7.07. The zero-order chi connectivity index (χ0) is 27.5. The summed E-state index contributed by atoms with van der Waals surface area (Å²) in [4.78, 5) is 31.1. The number of sulfonamides is 1. The van der Waals surface area contributed by atoms with Crippen molar-refractivity contribution in [3.8, 4) is 0 Å². The predicted molar refractivity (Wildman–Crippen MR) is 140 cm³/mol. The molecule has 0 aromatic heterocycles. The summed E-state index contributed by atoms with van der Waals surface area (Å²) >= 11 is 0.914. The normalized spacial score (nSPS) is 15.1. The van der Waals surface area contributed by atoms with Gasteiger partial charge in [0.05, 0.1) is 21.9 Å². The van der Waals surface area contributed by atoms with Gasteiger partial charge in [-0.05, 0) is 54.1 Å². The van der Waals surface area contributed by atoms with Crippen LogP contribution >= 0.6 is 11.8 Å². The number of carbonyl (C=O) groups excluding carboxylic acids is 2. The third-order valence-electron chi connectivity index (χ3n) is 5.20. The fourth-order valence-corrected chi connectivity index (χ4v) is 4.81. The molecule has 0 bridgehead atoms. The number of para-hydroxylation sites is 1. The summed E-state index contributed by atoms with van der Waals surface area (Å²) in [5.41, 5.74) is -0.596. The molecule has 0 atom stereocenters. The summed E-state index contributed by atoms with van der Waals surface area (Å²) in [6, 6.07) is 18.4. The molecule has 3 N–H and O–H groups in total. The molecule has 8 nitrogen and oxygen atoms in total. The van der Waals surface area contributed by atoms with Gasteiger partial charge in [-0.15, -0.1) is 0 Å². The summed E-state index contributed by atoms with van der Waals surface area (Å²) in [7, 11) is -3.88. The Morgan fingerprint density at radius 2 is 1.63 bits per heavy atom. The zero-order valence-corrected chi connectivity index (χ0v) is 21.0. The van der Waals surface area contributed by atoms with Gasteiger partial charge in [0.2, 0.25) is 15.9 Å². The van der Waals surface area contributed by atoms with Crippen LogP contribution < -0.4 is 15.4 Å². The molecule has 0 fully saturated rings. The van der Waals surface area contributed by atoms with Crippen molar-refractivity contribution in [1.82, 2.24) is 0 Å². The molecule has 196 valence electrons. The number of alkyl halides is 3. The first-order chi connectivity index (χ1) is 17.9. The van der Waals surface area contributed by atoms with Gasteiger partial charge in [0, 0.05) is 5.69 Å². The van der Waals surface area contributed by atoms with Crippen molar-refractivity contribution < 1.29 is 31.2 Å². The number of amides is 2. The van der Waals surface area contributed by atoms with Gasteiger partial charge in [-0.1, -0.05) is 48.2 Å². The highest BCUT2D eigenvalue weighted by Crippen LogP contribution is 2.35. The molecule has 3 aromatic carbocycles. The first-order valence-electron chi connectivity index (χ1n) is 10.8. The number of primary sulfonamides is 1. The number of carbonyl (C=O) groups is 2. The van der Waals surface area contributed by atoms with Gasteiger partial charge in [0.15, 0.2) is 5.17 Å². The average Bonchev–Trinajstić information content (AvgIpc) is 3.17. The molecule has 13 heteroatoms. The molecule has 0 saturated carbocycles. The van der Waals surface area contributed by atoms with Gasteiger partial charge in [-0.3, -0.25) is 14.5 Å². The van der Waals surface area contributed by atoms with Crippen molar-refractivity contribution in [2.75, 3.05) is 16.0 Å². The van der Waals surface area contributed by atoms with E-state index in [-0.39, 0.29) is 27.1 Å². The lowest BCUT2D eigenvalue weighted by molar-refractivity contribution is -0.137. The fourth-order valence-electron chi connectivity index (χ4n) is 3.48. The minimum Gasteiger partial charge on any atom is -0.325 e. The van der Waals surface area contributed by atoms with Crippen LogP contribution in [0, 0.1) is 0 Å². The maximum absolute atomic E-state index is 13.5. The number of aliphatic imine (C=N–C) groups is 1. The van der Waals surface area contributed by atoms with Crippen molar-refractivity contribution in [2.24, 2.45) is 10.1 Å². The number of amidine groups is 1. The molecule has 0 aliphatic carbocycles. The largest absolute Gasteiger partial charge is 0.416 e. The van der Waals surface area contributed by atoms with Crippen LogP contribution in [0.5, 0.6) is 0 Å². The molecule has 0 spiro atoms. The van der Waals surface area contributed by atoms with E-state index in [0.717, 1.165) is 23.9 Å². The maximum Gasteiger partial charge on any atom is 0.416 e. The lowest BCUT2D eigenvalue weighted by Crippen LogP contribution is -2.31. The van der Waals surface area contributed by atoms with Crippen LogP contribution in [0.3, 0.4) is 0 Å². The van der Waals surface area contributed by atoms with Gasteiger partial charge in [-0.25, -0.2) is 18.5 Å². The van der Waals surface area contributed by atoms with Crippen LogP contribution in [-0.2, 0) is 25.8 Å². The van der Waals surface area contributed by atoms with Crippen LogP contribution in [-0.4, -0.2) is 31.2 Å². The molecule has 0 unspecified atom stereocenters. The average molecular weight is 561 g/mol. The maximum atomic E-state index is 13.5. The molecule has 0 saturated heterocycles. The summed E-state index contributed by atoms with van der Waals surface area (Å²) in [6.45, 7) is 0. The molecule has 3 aromatic rings. The van der Waals surface area contributed by atoms with Gasteiger partial charge in [-0.2, -0.15) is 13.2 Å². The summed E-state index contributed by atoms with van der Waals surface area (Å²) in [6.07, 6.45) is -3.55. The van der Waals surface area contributed by atoms with Gasteiger partial charge >= 0.3 is 6.18 Å². The number of hydrogen-bond acceptors (Lipinski definition) is 6. The lowest BCUT2D eigenvalue weighted by atomic mass is 10.1. The molecule has 2 amide bonds. The Morgan fingerprint density at radius 3 is 2.26 bits per heavy atom. The van der Waals surface area contributed by atoms with Crippen molar-refractivity contribution in [3.05, 3.63) is 95.7 Å². The fraction of sp³-hybridized carbons (Fsp3) is 0.0800. The number of halogens is 3. The second-order valence-corrected chi connectivity index (χ2v) is 10.4. The zero-order valence-electron chi connectivity index (χ0n) is 19.3. The summed E-state index contributed by atoms with van der Waals surface area (Å²) < 4.78 is 63.1. The third kappa shape index (κ3) is 6.30. The minimum absolute atomic E-state index is 0.108. The van der Waals surface area contributed by atoms with E-state index < -0.39 is 33.6 Å². The molecular formula is C25H19F3N4O4S2. The van der Waals surface area contributed by atoms with E-state index in [2.05, 4.69) is 10.3 Å². The van der Waals surface area contributed by atoms with Crippen LogP contribution in [0.4, 0.5) is 24.5 Å². The number of benzene rings is 3. The Labute approximate surface area is 220 Å².